The third-order valence-corrected chi connectivity index (χ3v) is 11.5. The number of benzene rings is 3. The predicted octanol–water partition coefficient (Wildman–Crippen LogP) is 4.65. The number of rotatable bonds is 17. The zero-order valence-electron chi connectivity index (χ0n) is 27.7. The third kappa shape index (κ3) is 10.9. The number of amidine groups is 1. The molecule has 14 heteroatoms. The van der Waals surface area contributed by atoms with Crippen LogP contribution >= 0.6 is 23.2 Å². The Morgan fingerprint density at radius 1 is 0.959 bits per heavy atom. The molecule has 3 aromatic rings. The second-order valence-corrected chi connectivity index (χ2v) is 14.8. The van der Waals surface area contributed by atoms with Crippen LogP contribution in [0.25, 0.3) is 0 Å². The van der Waals surface area contributed by atoms with Gasteiger partial charge in [0.05, 0.1) is 18.1 Å². The molecule has 1 heterocycles. The minimum absolute atomic E-state index is 0.00691. The van der Waals surface area contributed by atoms with Crippen molar-refractivity contribution >= 4 is 50.9 Å². The maximum atomic E-state index is 13.9. The summed E-state index contributed by atoms with van der Waals surface area (Å²) in [5.41, 5.74) is 8.39. The van der Waals surface area contributed by atoms with Crippen LogP contribution in [-0.4, -0.2) is 91.2 Å². The number of carbonyl (C=O) groups is 2. The number of oxime groups is 1. The van der Waals surface area contributed by atoms with E-state index in [4.69, 9.17) is 34.1 Å². The zero-order chi connectivity index (χ0) is 35.4. The molecule has 4 N–H and O–H groups in total. The van der Waals surface area contributed by atoms with Gasteiger partial charge in [0.2, 0.25) is 21.8 Å². The number of nitrogens with zero attached hydrogens (tertiary/aromatic N) is 4. The molecule has 0 aromatic heterocycles. The Labute approximate surface area is 298 Å². The number of nitrogens with two attached hydrogens (primary N) is 1. The smallest absolute Gasteiger partial charge is 0.245 e. The van der Waals surface area contributed by atoms with E-state index in [2.05, 4.69) is 15.4 Å². The highest BCUT2D eigenvalue weighted by Gasteiger charge is 2.30. The van der Waals surface area contributed by atoms with Gasteiger partial charge in [0.25, 0.3) is 0 Å². The van der Waals surface area contributed by atoms with E-state index in [1.54, 1.807) is 36.1 Å². The minimum atomic E-state index is -4.22. The van der Waals surface area contributed by atoms with Crippen molar-refractivity contribution in [3.05, 3.63) is 99.0 Å². The number of hydrogen-bond donors (Lipinski definition) is 3. The van der Waals surface area contributed by atoms with Crippen molar-refractivity contribution in [2.24, 2.45) is 10.9 Å². The molecular weight excluding hydrogens is 687 g/mol. The van der Waals surface area contributed by atoms with Crippen LogP contribution in [-0.2, 0) is 32.6 Å². The number of nitrogens with one attached hydrogen (secondary N) is 1. The van der Waals surface area contributed by atoms with E-state index in [0.29, 0.717) is 35.7 Å². The number of halogens is 2. The molecule has 0 atom stereocenters. The topological polar surface area (TPSA) is 149 Å². The lowest BCUT2D eigenvalue weighted by Crippen LogP contribution is -2.45. The Kier molecular flexibility index (Phi) is 14.3. The summed E-state index contributed by atoms with van der Waals surface area (Å²) in [5.74, 6) is -0.939. The van der Waals surface area contributed by atoms with E-state index in [9.17, 15) is 18.0 Å². The molecule has 0 unspecified atom stereocenters. The molecule has 0 saturated carbocycles. The zero-order valence-corrected chi connectivity index (χ0v) is 30.0. The van der Waals surface area contributed by atoms with Gasteiger partial charge in [0.1, 0.15) is 4.90 Å². The number of likely N-dealkylation sites (tertiary alicyclic amines) is 1. The number of amides is 2. The molecule has 1 fully saturated rings. The van der Waals surface area contributed by atoms with Gasteiger partial charge in [-0.2, -0.15) is 4.31 Å². The summed E-state index contributed by atoms with van der Waals surface area (Å²) in [6.07, 6.45) is 4.49. The second-order valence-electron chi connectivity index (χ2n) is 12.1. The number of hydrogen-bond acceptors (Lipinski definition) is 7. The highest BCUT2D eigenvalue weighted by Crippen LogP contribution is 2.32. The Hall–Kier alpha value is -3.68. The van der Waals surface area contributed by atoms with Crippen molar-refractivity contribution in [3.8, 4) is 0 Å². The summed E-state index contributed by atoms with van der Waals surface area (Å²) in [6.45, 7) is 4.77. The Balaban J connectivity index is 1.44. The van der Waals surface area contributed by atoms with Crippen LogP contribution in [0.1, 0.15) is 47.9 Å². The van der Waals surface area contributed by atoms with Gasteiger partial charge in [0.15, 0.2) is 5.84 Å². The Bertz CT molecular complexity index is 1700. The van der Waals surface area contributed by atoms with Crippen LogP contribution in [0.2, 0.25) is 10.0 Å². The van der Waals surface area contributed by atoms with Crippen LogP contribution < -0.4 is 11.1 Å². The van der Waals surface area contributed by atoms with E-state index in [-0.39, 0.29) is 34.8 Å². The first-order valence-corrected chi connectivity index (χ1v) is 18.5. The first kappa shape index (κ1) is 38.1. The van der Waals surface area contributed by atoms with Crippen molar-refractivity contribution in [2.75, 3.05) is 45.8 Å². The van der Waals surface area contributed by atoms with Gasteiger partial charge in [-0.1, -0.05) is 83.0 Å². The van der Waals surface area contributed by atoms with Crippen LogP contribution in [0.3, 0.4) is 0 Å². The lowest BCUT2D eigenvalue weighted by atomic mass is 10.1. The summed E-state index contributed by atoms with van der Waals surface area (Å²) in [7, 11) is -4.22. The molecule has 1 saturated heterocycles. The fraction of sp³-hybridized carbons (Fsp3) is 0.400. The predicted molar refractivity (Wildman–Crippen MR) is 192 cm³/mol. The lowest BCUT2D eigenvalue weighted by molar-refractivity contribution is -0.133. The summed E-state index contributed by atoms with van der Waals surface area (Å²) < 4.78 is 28.8. The molecule has 0 bridgehead atoms. The number of sulfonamides is 1. The highest BCUT2D eigenvalue weighted by molar-refractivity contribution is 7.89. The fourth-order valence-electron chi connectivity index (χ4n) is 5.66. The van der Waals surface area contributed by atoms with E-state index in [1.165, 1.54) is 25.0 Å². The van der Waals surface area contributed by atoms with Crippen molar-refractivity contribution < 1.29 is 23.2 Å². The van der Waals surface area contributed by atoms with Crippen molar-refractivity contribution in [1.82, 2.24) is 19.4 Å². The van der Waals surface area contributed by atoms with Gasteiger partial charge in [-0.3, -0.25) is 9.59 Å². The Morgan fingerprint density at radius 3 is 2.33 bits per heavy atom. The monoisotopic (exact) mass is 730 g/mol. The molecule has 49 heavy (non-hydrogen) atoms. The number of unbranched alkanes of at least 4 members (excludes halogenated alkanes) is 1. The second kappa shape index (κ2) is 18.4. The van der Waals surface area contributed by atoms with Gasteiger partial charge >= 0.3 is 0 Å². The van der Waals surface area contributed by atoms with Gasteiger partial charge in [-0.25, -0.2) is 8.42 Å². The summed E-state index contributed by atoms with van der Waals surface area (Å²) >= 11 is 12.6. The fourth-order valence-corrected chi connectivity index (χ4v) is 7.83. The summed E-state index contributed by atoms with van der Waals surface area (Å²) in [6, 6.07) is 19.2. The molecule has 0 spiro atoms. The molecule has 1 aliphatic heterocycles. The molecule has 4 rings (SSSR count). The van der Waals surface area contributed by atoms with E-state index in [1.807, 2.05) is 30.3 Å². The third-order valence-electron chi connectivity index (χ3n) is 8.59. The molecule has 3 aromatic carbocycles. The number of carbonyl (C=O) groups excluding carboxylic acids is 2. The van der Waals surface area contributed by atoms with Gasteiger partial charge in [0, 0.05) is 30.2 Å². The average molecular weight is 732 g/mol. The average Bonchev–Trinajstić information content (AvgIpc) is 3.63. The molecule has 0 radical (unpaired) electrons. The van der Waals surface area contributed by atoms with E-state index < -0.39 is 22.5 Å². The Morgan fingerprint density at radius 2 is 1.65 bits per heavy atom. The first-order chi connectivity index (χ1) is 23.5. The van der Waals surface area contributed by atoms with Crippen LogP contribution in [0.15, 0.2) is 76.8 Å². The van der Waals surface area contributed by atoms with Gasteiger partial charge in [-0.05, 0) is 87.5 Å². The summed E-state index contributed by atoms with van der Waals surface area (Å²) in [4.78, 5) is 30.8. The molecule has 264 valence electrons. The first-order valence-electron chi connectivity index (χ1n) is 16.3. The minimum Gasteiger partial charge on any atom is -0.409 e. The van der Waals surface area contributed by atoms with Crippen LogP contribution in [0.5, 0.6) is 0 Å². The standard InChI is InChI=1S/C35H44Cl2N6O5S/c1-26-30(36)15-16-31(34(26)37)49(47,48)43(22-17-27-9-3-2-4-10-27)25-32(44)39-23-33(45)42(21-8-7-20-41-18-5-6-19-41)24-28-11-13-29(14-12-28)35(38)40-46/h2-4,9-16,46H,5-8,17-25H2,1H3,(H2,38,40)(H,39,44). The normalized spacial score (nSPS) is 13.9. The summed E-state index contributed by atoms with van der Waals surface area (Å²) in [5, 5.41) is 15.0. The van der Waals surface area contributed by atoms with Crippen molar-refractivity contribution in [1.29, 1.82) is 0 Å². The maximum absolute atomic E-state index is 13.9. The quantitative estimate of drug-likeness (QED) is 0.0602. The van der Waals surface area contributed by atoms with E-state index >= 15 is 0 Å². The lowest BCUT2D eigenvalue weighted by Gasteiger charge is -2.25. The SMILES string of the molecule is Cc1c(Cl)ccc(S(=O)(=O)N(CCc2ccccc2)CC(=O)NCC(=O)N(CCCCN2CCCC2)Cc2ccc(/C(N)=N\O)cc2)c1Cl. The highest BCUT2D eigenvalue weighted by atomic mass is 35.5. The molecule has 0 aliphatic carbocycles. The van der Waals surface area contributed by atoms with Crippen molar-refractivity contribution in [2.45, 2.75) is 50.5 Å². The van der Waals surface area contributed by atoms with Crippen LogP contribution in [0.4, 0.5) is 0 Å². The van der Waals surface area contributed by atoms with E-state index in [0.717, 1.165) is 47.9 Å². The molecule has 1 aliphatic rings. The largest absolute Gasteiger partial charge is 0.409 e. The molecule has 2 amide bonds. The van der Waals surface area contributed by atoms with Crippen molar-refractivity contribution in [3.63, 3.8) is 0 Å². The van der Waals surface area contributed by atoms with Gasteiger partial charge in [-0.15, -0.1) is 0 Å². The van der Waals surface area contributed by atoms with Crippen LogP contribution in [0, 0.1) is 6.92 Å². The molecule has 11 nitrogen and oxygen atoms in total. The maximum Gasteiger partial charge on any atom is 0.245 e. The van der Waals surface area contributed by atoms with Gasteiger partial charge < -0.3 is 26.1 Å². The molecular formula is C35H44Cl2N6O5S.